The molecule has 0 unspecified atom stereocenters. The van der Waals surface area contributed by atoms with Crippen LogP contribution >= 0.6 is 0 Å². The van der Waals surface area contributed by atoms with Gasteiger partial charge in [-0.15, -0.1) is 0 Å². The average Bonchev–Trinajstić information content (AvgIpc) is 2.38. The van der Waals surface area contributed by atoms with Gasteiger partial charge >= 0.3 is 5.97 Å². The first-order valence-corrected chi connectivity index (χ1v) is 6.14. The van der Waals surface area contributed by atoms with Gasteiger partial charge in [0.1, 0.15) is 0 Å². The van der Waals surface area contributed by atoms with Gasteiger partial charge in [-0.25, -0.2) is 4.79 Å². The maximum atomic E-state index is 11.0. The Morgan fingerprint density at radius 3 is 2.32 bits per heavy atom. The van der Waals surface area contributed by atoms with Gasteiger partial charge in [0.15, 0.2) is 0 Å². The van der Waals surface area contributed by atoms with Crippen LogP contribution in [-0.4, -0.2) is 18.1 Å². The number of aryl methyl sites for hydroxylation is 2. The number of carboxylic acids is 1. The van der Waals surface area contributed by atoms with Crippen LogP contribution in [0.2, 0.25) is 0 Å². The van der Waals surface area contributed by atoms with Crippen LogP contribution in [0.4, 0.5) is 11.4 Å². The molecule has 3 heteroatoms. The zero-order valence-electron chi connectivity index (χ0n) is 11.3. The number of carboxylic acid groups (broad SMARTS) is 1. The average molecular weight is 255 g/mol. The fourth-order valence-corrected chi connectivity index (χ4v) is 2.18. The van der Waals surface area contributed by atoms with Crippen LogP contribution in [0.15, 0.2) is 42.5 Å². The lowest BCUT2D eigenvalue weighted by Crippen LogP contribution is -2.11. The van der Waals surface area contributed by atoms with Gasteiger partial charge in [-0.2, -0.15) is 0 Å². The lowest BCUT2D eigenvalue weighted by Gasteiger charge is -2.22. The summed E-state index contributed by atoms with van der Waals surface area (Å²) in [6.45, 7) is 3.88. The number of benzene rings is 2. The largest absolute Gasteiger partial charge is 0.478 e. The molecule has 0 bridgehead atoms. The molecule has 0 aliphatic rings. The molecule has 0 spiro atoms. The Kier molecular flexibility index (Phi) is 3.56. The van der Waals surface area contributed by atoms with Crippen molar-refractivity contribution >= 4 is 17.3 Å². The van der Waals surface area contributed by atoms with Crippen LogP contribution in [0.3, 0.4) is 0 Å². The highest BCUT2D eigenvalue weighted by Gasteiger charge is 2.11. The zero-order chi connectivity index (χ0) is 14.0. The highest BCUT2D eigenvalue weighted by molar-refractivity contribution is 5.90. The molecule has 0 aliphatic heterocycles. The number of para-hydroxylation sites is 1. The Labute approximate surface area is 113 Å². The number of anilines is 2. The molecule has 0 aliphatic carbocycles. The molecule has 0 saturated carbocycles. The van der Waals surface area contributed by atoms with Gasteiger partial charge in [-0.3, -0.25) is 0 Å². The Balaban J connectivity index is 2.40. The summed E-state index contributed by atoms with van der Waals surface area (Å²) in [6.07, 6.45) is 0. The van der Waals surface area contributed by atoms with E-state index >= 15 is 0 Å². The maximum absolute atomic E-state index is 11.0. The summed E-state index contributed by atoms with van der Waals surface area (Å²) in [4.78, 5) is 13.1. The lowest BCUT2D eigenvalue weighted by molar-refractivity contribution is 0.0696. The van der Waals surface area contributed by atoms with E-state index in [1.54, 1.807) is 6.07 Å². The van der Waals surface area contributed by atoms with Crippen LogP contribution in [-0.2, 0) is 0 Å². The fourth-order valence-electron chi connectivity index (χ4n) is 2.18. The summed E-state index contributed by atoms with van der Waals surface area (Å²) < 4.78 is 0. The molecular weight excluding hydrogens is 238 g/mol. The maximum Gasteiger partial charge on any atom is 0.335 e. The van der Waals surface area contributed by atoms with Gasteiger partial charge in [0.2, 0.25) is 0 Å². The van der Waals surface area contributed by atoms with Crippen LogP contribution in [0, 0.1) is 13.8 Å². The van der Waals surface area contributed by atoms with Crippen molar-refractivity contribution in [2.45, 2.75) is 13.8 Å². The van der Waals surface area contributed by atoms with E-state index in [9.17, 15) is 4.79 Å². The summed E-state index contributed by atoms with van der Waals surface area (Å²) in [5.41, 5.74) is 4.40. The molecule has 0 radical (unpaired) electrons. The van der Waals surface area contributed by atoms with Crippen LogP contribution in [0.1, 0.15) is 21.5 Å². The molecule has 0 amide bonds. The smallest absolute Gasteiger partial charge is 0.335 e. The summed E-state index contributed by atoms with van der Waals surface area (Å²) in [6, 6.07) is 13.5. The molecule has 0 aromatic heterocycles. The van der Waals surface area contributed by atoms with Crippen LogP contribution in [0.5, 0.6) is 0 Å². The first-order chi connectivity index (χ1) is 9.00. The summed E-state index contributed by atoms with van der Waals surface area (Å²) >= 11 is 0. The predicted molar refractivity (Wildman–Crippen MR) is 77.4 cm³/mol. The zero-order valence-corrected chi connectivity index (χ0v) is 11.3. The third-order valence-electron chi connectivity index (χ3n) is 3.30. The van der Waals surface area contributed by atoms with Crippen molar-refractivity contribution in [1.29, 1.82) is 0 Å². The molecule has 0 heterocycles. The topological polar surface area (TPSA) is 40.5 Å². The van der Waals surface area contributed by atoms with E-state index in [1.165, 1.54) is 5.56 Å². The summed E-state index contributed by atoms with van der Waals surface area (Å²) in [5, 5.41) is 9.04. The third-order valence-corrected chi connectivity index (χ3v) is 3.30. The standard InChI is InChI=1S/C16H17NO2/c1-11-6-4-5-7-15(11)17(3)13-8-9-14(16(18)19)12(2)10-13/h4-10H,1-3H3,(H,18,19). The highest BCUT2D eigenvalue weighted by Crippen LogP contribution is 2.27. The van der Waals surface area contributed by atoms with Gasteiger partial charge in [-0.05, 0) is 49.2 Å². The monoisotopic (exact) mass is 255 g/mol. The minimum Gasteiger partial charge on any atom is -0.478 e. The van der Waals surface area contributed by atoms with Gasteiger partial charge in [0.25, 0.3) is 0 Å². The molecule has 19 heavy (non-hydrogen) atoms. The van der Waals surface area contributed by atoms with E-state index in [4.69, 9.17) is 5.11 Å². The lowest BCUT2D eigenvalue weighted by atomic mass is 10.1. The number of nitrogens with zero attached hydrogens (tertiary/aromatic N) is 1. The van der Waals surface area contributed by atoms with E-state index < -0.39 is 5.97 Å². The molecular formula is C16H17NO2. The Hall–Kier alpha value is -2.29. The van der Waals surface area contributed by atoms with E-state index in [2.05, 4.69) is 24.0 Å². The van der Waals surface area contributed by atoms with Crippen molar-refractivity contribution in [3.05, 3.63) is 59.2 Å². The fraction of sp³-hybridized carbons (Fsp3) is 0.188. The van der Waals surface area contributed by atoms with E-state index in [0.717, 1.165) is 16.9 Å². The van der Waals surface area contributed by atoms with Gasteiger partial charge < -0.3 is 10.0 Å². The van der Waals surface area contributed by atoms with Gasteiger partial charge in [0.05, 0.1) is 5.56 Å². The summed E-state index contributed by atoms with van der Waals surface area (Å²) in [7, 11) is 1.98. The molecule has 0 fully saturated rings. The number of carbonyl (C=O) groups is 1. The van der Waals surface area contributed by atoms with E-state index in [-0.39, 0.29) is 0 Å². The van der Waals surface area contributed by atoms with E-state index in [1.807, 2.05) is 38.2 Å². The second-order valence-electron chi connectivity index (χ2n) is 4.65. The van der Waals surface area contributed by atoms with Crippen LogP contribution < -0.4 is 4.90 Å². The van der Waals surface area contributed by atoms with Crippen molar-refractivity contribution in [3.63, 3.8) is 0 Å². The number of hydrogen-bond donors (Lipinski definition) is 1. The first-order valence-electron chi connectivity index (χ1n) is 6.14. The van der Waals surface area contributed by atoms with Gasteiger partial charge in [0, 0.05) is 18.4 Å². The number of rotatable bonds is 3. The molecule has 1 N–H and O–H groups in total. The quantitative estimate of drug-likeness (QED) is 0.907. The Morgan fingerprint density at radius 1 is 1.05 bits per heavy atom. The second-order valence-corrected chi connectivity index (χ2v) is 4.65. The third kappa shape index (κ3) is 2.60. The van der Waals surface area contributed by atoms with Crippen molar-refractivity contribution in [1.82, 2.24) is 0 Å². The minimum absolute atomic E-state index is 0.349. The molecule has 3 nitrogen and oxygen atoms in total. The van der Waals surface area contributed by atoms with Gasteiger partial charge in [-0.1, -0.05) is 18.2 Å². The Morgan fingerprint density at radius 2 is 1.74 bits per heavy atom. The normalized spacial score (nSPS) is 10.3. The molecule has 0 saturated heterocycles. The molecule has 2 rings (SSSR count). The molecule has 2 aromatic carbocycles. The molecule has 98 valence electrons. The van der Waals surface area contributed by atoms with Crippen molar-refractivity contribution < 1.29 is 9.90 Å². The first kappa shape index (κ1) is 13.1. The highest BCUT2D eigenvalue weighted by atomic mass is 16.4. The predicted octanol–water partition coefficient (Wildman–Crippen LogP) is 3.77. The Bertz CT molecular complexity index is 620. The number of aromatic carboxylic acids is 1. The van der Waals surface area contributed by atoms with Crippen molar-refractivity contribution in [2.75, 3.05) is 11.9 Å². The van der Waals surface area contributed by atoms with E-state index in [0.29, 0.717) is 5.56 Å². The summed E-state index contributed by atoms with van der Waals surface area (Å²) in [5.74, 6) is -0.886. The van der Waals surface area contributed by atoms with Crippen LogP contribution in [0.25, 0.3) is 0 Å². The van der Waals surface area contributed by atoms with Crippen molar-refractivity contribution in [3.8, 4) is 0 Å². The van der Waals surface area contributed by atoms with Crippen molar-refractivity contribution in [2.24, 2.45) is 0 Å². The number of hydrogen-bond acceptors (Lipinski definition) is 2. The second kappa shape index (κ2) is 5.14. The SMILES string of the molecule is Cc1cc(N(C)c2ccccc2C)ccc1C(=O)O. The minimum atomic E-state index is -0.886. The molecule has 2 aromatic rings. The molecule has 0 atom stereocenters.